The fourth-order valence-corrected chi connectivity index (χ4v) is 3.72. The van der Waals surface area contributed by atoms with Gasteiger partial charge in [0.25, 0.3) is 5.91 Å². The van der Waals surface area contributed by atoms with Gasteiger partial charge in [-0.05, 0) is 36.4 Å². The fraction of sp³-hybridized carbons (Fsp3) is 0.0800. The van der Waals surface area contributed by atoms with E-state index in [0.717, 1.165) is 10.9 Å². The lowest BCUT2D eigenvalue weighted by molar-refractivity contribution is 0.0602. The number of para-hydroxylation sites is 3. The first kappa shape index (κ1) is 20.3. The van der Waals surface area contributed by atoms with Crippen LogP contribution in [0.4, 0.5) is 5.69 Å². The monoisotopic (exact) mass is 441 g/mol. The van der Waals surface area contributed by atoms with Crippen molar-refractivity contribution in [3.8, 4) is 17.2 Å². The van der Waals surface area contributed by atoms with Crippen molar-refractivity contribution in [1.82, 2.24) is 9.97 Å². The van der Waals surface area contributed by atoms with Gasteiger partial charge in [-0.1, -0.05) is 30.3 Å². The predicted octanol–water partition coefficient (Wildman–Crippen LogP) is 5.02. The van der Waals surface area contributed by atoms with Crippen molar-refractivity contribution < 1.29 is 23.5 Å². The molecule has 0 aliphatic carbocycles. The first-order valence-electron chi connectivity index (χ1n) is 10.1. The van der Waals surface area contributed by atoms with E-state index in [9.17, 15) is 9.59 Å². The molecule has 164 valence electrons. The maximum absolute atomic E-state index is 13.1. The number of aromatic nitrogens is 2. The van der Waals surface area contributed by atoms with E-state index < -0.39 is 5.97 Å². The van der Waals surface area contributed by atoms with Crippen LogP contribution in [-0.2, 0) is 4.74 Å². The molecule has 5 aromatic rings. The summed E-state index contributed by atoms with van der Waals surface area (Å²) in [6.45, 7) is 0. The fourth-order valence-electron chi connectivity index (χ4n) is 3.72. The molecule has 0 atom stereocenters. The summed E-state index contributed by atoms with van der Waals surface area (Å²) < 4.78 is 16.3. The van der Waals surface area contributed by atoms with Gasteiger partial charge in [0.15, 0.2) is 5.58 Å². The Morgan fingerprint density at radius 2 is 1.82 bits per heavy atom. The SMILES string of the molecule is COC(=O)c1cccc2oc(-c3cccc(OC)c3NC(=O)c3cc4ccccc4[nH]3)nc12. The van der Waals surface area contributed by atoms with Crippen molar-refractivity contribution in [2.75, 3.05) is 19.5 Å². The zero-order valence-corrected chi connectivity index (χ0v) is 17.8. The van der Waals surface area contributed by atoms with Crippen LogP contribution in [0.3, 0.4) is 0 Å². The summed E-state index contributed by atoms with van der Waals surface area (Å²) in [6.07, 6.45) is 0. The number of esters is 1. The number of amides is 1. The number of oxazole rings is 1. The van der Waals surface area contributed by atoms with E-state index in [1.54, 1.807) is 42.5 Å². The molecule has 0 aliphatic rings. The van der Waals surface area contributed by atoms with E-state index in [4.69, 9.17) is 13.9 Å². The van der Waals surface area contributed by atoms with Crippen LogP contribution in [0.2, 0.25) is 0 Å². The average molecular weight is 441 g/mol. The molecule has 33 heavy (non-hydrogen) atoms. The number of hydrogen-bond acceptors (Lipinski definition) is 6. The summed E-state index contributed by atoms with van der Waals surface area (Å²) in [5.74, 6) is -0.193. The topological polar surface area (TPSA) is 106 Å². The second kappa shape index (κ2) is 8.16. The molecule has 2 aromatic heterocycles. The number of carbonyl (C=O) groups excluding carboxylic acids is 2. The number of carbonyl (C=O) groups is 2. The molecule has 0 radical (unpaired) electrons. The zero-order chi connectivity index (χ0) is 22.9. The largest absolute Gasteiger partial charge is 0.495 e. The summed E-state index contributed by atoms with van der Waals surface area (Å²) in [7, 11) is 2.82. The van der Waals surface area contributed by atoms with Crippen molar-refractivity contribution >= 4 is 39.6 Å². The first-order valence-corrected chi connectivity index (χ1v) is 10.1. The van der Waals surface area contributed by atoms with Gasteiger partial charge in [-0.3, -0.25) is 4.79 Å². The molecule has 0 fully saturated rings. The molecular formula is C25H19N3O5. The molecule has 0 bridgehead atoms. The van der Waals surface area contributed by atoms with Gasteiger partial charge in [-0.15, -0.1) is 0 Å². The number of nitrogens with zero attached hydrogens (tertiary/aromatic N) is 1. The molecule has 2 N–H and O–H groups in total. The lowest BCUT2D eigenvalue weighted by Crippen LogP contribution is -2.14. The van der Waals surface area contributed by atoms with Gasteiger partial charge >= 0.3 is 5.97 Å². The van der Waals surface area contributed by atoms with Crippen LogP contribution in [0.15, 0.2) is 71.1 Å². The van der Waals surface area contributed by atoms with E-state index in [2.05, 4.69) is 15.3 Å². The number of anilines is 1. The lowest BCUT2D eigenvalue weighted by Gasteiger charge is -2.13. The second-order valence-electron chi connectivity index (χ2n) is 7.27. The quantitative estimate of drug-likeness (QED) is 0.371. The number of ether oxygens (including phenoxy) is 2. The van der Waals surface area contributed by atoms with Gasteiger partial charge < -0.3 is 24.2 Å². The van der Waals surface area contributed by atoms with Gasteiger partial charge in [-0.2, -0.15) is 0 Å². The minimum atomic E-state index is -0.515. The Labute approximate surface area is 188 Å². The third-order valence-corrected chi connectivity index (χ3v) is 5.31. The normalized spacial score (nSPS) is 11.0. The van der Waals surface area contributed by atoms with Crippen molar-refractivity contribution in [2.24, 2.45) is 0 Å². The third kappa shape index (κ3) is 3.57. The van der Waals surface area contributed by atoms with E-state index in [1.165, 1.54) is 14.2 Å². The van der Waals surface area contributed by atoms with Crippen LogP contribution >= 0.6 is 0 Å². The molecule has 8 nitrogen and oxygen atoms in total. The molecule has 0 aliphatic heterocycles. The number of rotatable bonds is 5. The van der Waals surface area contributed by atoms with Gasteiger partial charge in [0.05, 0.1) is 31.0 Å². The standard InChI is InChI=1S/C25H19N3O5/c1-31-19-11-5-8-15(24-28-22-16(25(30)32-2)9-6-12-20(22)33-24)21(19)27-23(29)18-13-14-7-3-4-10-17(14)26-18/h3-13,26H,1-2H3,(H,27,29). The molecule has 2 heterocycles. The van der Waals surface area contributed by atoms with E-state index in [-0.39, 0.29) is 17.4 Å². The average Bonchev–Trinajstić information content (AvgIpc) is 3.48. The minimum absolute atomic E-state index is 0.229. The zero-order valence-electron chi connectivity index (χ0n) is 17.8. The highest BCUT2D eigenvalue weighted by Crippen LogP contribution is 2.37. The third-order valence-electron chi connectivity index (χ3n) is 5.31. The van der Waals surface area contributed by atoms with Gasteiger partial charge in [0.2, 0.25) is 5.89 Å². The molecule has 1 amide bonds. The van der Waals surface area contributed by atoms with Crippen LogP contribution in [0.1, 0.15) is 20.8 Å². The molecule has 0 saturated carbocycles. The number of fused-ring (bicyclic) bond motifs is 2. The number of H-pyrrole nitrogens is 1. The highest BCUT2D eigenvalue weighted by molar-refractivity contribution is 6.08. The summed E-state index contributed by atoms with van der Waals surface area (Å²) in [5, 5.41) is 3.84. The lowest BCUT2D eigenvalue weighted by atomic mass is 10.1. The molecule has 5 rings (SSSR count). The smallest absolute Gasteiger partial charge is 0.340 e. The number of methoxy groups -OCH3 is 2. The predicted molar refractivity (Wildman–Crippen MR) is 124 cm³/mol. The van der Waals surface area contributed by atoms with E-state index >= 15 is 0 Å². The highest BCUT2D eigenvalue weighted by atomic mass is 16.5. The molecule has 0 unspecified atom stereocenters. The van der Waals surface area contributed by atoms with Gasteiger partial charge in [-0.25, -0.2) is 9.78 Å². The Kier molecular flexibility index (Phi) is 5.02. The summed E-state index contributed by atoms with van der Waals surface area (Å²) in [4.78, 5) is 32.8. The van der Waals surface area contributed by atoms with Gasteiger partial charge in [0, 0.05) is 10.9 Å². The van der Waals surface area contributed by atoms with Crippen LogP contribution in [0.25, 0.3) is 33.5 Å². The maximum Gasteiger partial charge on any atom is 0.340 e. The molecule has 3 aromatic carbocycles. The van der Waals surface area contributed by atoms with Gasteiger partial charge in [0.1, 0.15) is 17.0 Å². The number of benzene rings is 3. The molecular weight excluding hydrogens is 422 g/mol. The Hall–Kier alpha value is -4.59. The molecule has 0 spiro atoms. The summed E-state index contributed by atoms with van der Waals surface area (Å²) >= 11 is 0. The number of hydrogen-bond donors (Lipinski definition) is 2. The number of nitrogens with one attached hydrogen (secondary N) is 2. The first-order chi connectivity index (χ1) is 16.1. The van der Waals surface area contributed by atoms with Crippen LogP contribution < -0.4 is 10.1 Å². The van der Waals surface area contributed by atoms with Crippen molar-refractivity contribution in [1.29, 1.82) is 0 Å². The minimum Gasteiger partial charge on any atom is -0.495 e. The van der Waals surface area contributed by atoms with E-state index in [1.807, 2.05) is 24.3 Å². The Morgan fingerprint density at radius 3 is 2.61 bits per heavy atom. The highest BCUT2D eigenvalue weighted by Gasteiger charge is 2.22. The van der Waals surface area contributed by atoms with Crippen molar-refractivity contribution in [3.63, 3.8) is 0 Å². The summed E-state index contributed by atoms with van der Waals surface area (Å²) in [5.41, 5.74) is 3.24. The van der Waals surface area contributed by atoms with Crippen LogP contribution in [-0.4, -0.2) is 36.1 Å². The Bertz CT molecular complexity index is 1480. The summed E-state index contributed by atoms with van der Waals surface area (Å²) in [6, 6.07) is 19.7. The maximum atomic E-state index is 13.1. The van der Waals surface area contributed by atoms with Crippen molar-refractivity contribution in [3.05, 3.63) is 78.0 Å². The van der Waals surface area contributed by atoms with Crippen LogP contribution in [0, 0.1) is 0 Å². The molecule has 0 saturated heterocycles. The van der Waals surface area contributed by atoms with Crippen molar-refractivity contribution in [2.45, 2.75) is 0 Å². The second-order valence-corrected chi connectivity index (χ2v) is 7.27. The molecule has 8 heteroatoms. The van der Waals surface area contributed by atoms with Crippen LogP contribution in [0.5, 0.6) is 5.75 Å². The Morgan fingerprint density at radius 1 is 1.00 bits per heavy atom. The Balaban J connectivity index is 1.58. The number of aromatic amines is 1. The van der Waals surface area contributed by atoms with E-state index in [0.29, 0.717) is 33.8 Å².